The van der Waals surface area contributed by atoms with Crippen LogP contribution in [0, 0.1) is 5.92 Å². The van der Waals surface area contributed by atoms with Crippen molar-refractivity contribution in [3.8, 4) is 11.3 Å². The summed E-state index contributed by atoms with van der Waals surface area (Å²) in [5.41, 5.74) is 0.828. The van der Waals surface area contributed by atoms with Gasteiger partial charge in [-0.3, -0.25) is 5.32 Å². The number of benzene rings is 1. The second kappa shape index (κ2) is 6.75. The first-order valence-corrected chi connectivity index (χ1v) is 6.80. The molecule has 1 aromatic heterocycles. The number of carbonyl (C=O) groups is 2. The smallest absolute Gasteiger partial charge is 0.326 e. The molecule has 7 heteroatoms. The van der Waals surface area contributed by atoms with Gasteiger partial charge in [-0.15, -0.1) is 0 Å². The number of aromatic nitrogens is 1. The molecule has 0 aliphatic carbocycles. The number of amides is 2. The highest BCUT2D eigenvalue weighted by Crippen LogP contribution is 2.21. The first-order chi connectivity index (χ1) is 10.5. The van der Waals surface area contributed by atoms with Crippen molar-refractivity contribution in [2.75, 3.05) is 5.32 Å². The van der Waals surface area contributed by atoms with Crippen LogP contribution in [-0.2, 0) is 4.79 Å². The van der Waals surface area contributed by atoms with Gasteiger partial charge in [-0.05, 0) is 5.92 Å². The number of anilines is 1. The normalized spacial score (nSPS) is 12.0. The maximum Gasteiger partial charge on any atom is 0.326 e. The number of hydrogen-bond donors (Lipinski definition) is 3. The fraction of sp³-hybridized carbons (Fsp3) is 0.267. The Kier molecular flexibility index (Phi) is 4.77. The molecular weight excluding hydrogens is 286 g/mol. The van der Waals surface area contributed by atoms with E-state index in [0.717, 1.165) is 5.56 Å². The van der Waals surface area contributed by atoms with Crippen molar-refractivity contribution < 1.29 is 19.2 Å². The van der Waals surface area contributed by atoms with Crippen molar-refractivity contribution >= 4 is 17.8 Å². The molecule has 0 aliphatic heterocycles. The van der Waals surface area contributed by atoms with Crippen LogP contribution in [0.15, 0.2) is 40.9 Å². The Balaban J connectivity index is 2.01. The second-order valence-electron chi connectivity index (χ2n) is 5.10. The third-order valence-corrected chi connectivity index (χ3v) is 3.03. The van der Waals surface area contributed by atoms with Crippen LogP contribution in [0.2, 0.25) is 0 Å². The summed E-state index contributed by atoms with van der Waals surface area (Å²) in [6, 6.07) is 9.25. The molecule has 0 bridgehead atoms. The monoisotopic (exact) mass is 303 g/mol. The highest BCUT2D eigenvalue weighted by molar-refractivity contribution is 5.91. The molecule has 0 spiro atoms. The lowest BCUT2D eigenvalue weighted by atomic mass is 10.1. The SMILES string of the molecule is CC(C)C(NC(=O)Nc1cc(-c2ccccc2)on1)C(=O)O. The summed E-state index contributed by atoms with van der Waals surface area (Å²) in [7, 11) is 0. The van der Waals surface area contributed by atoms with E-state index in [9.17, 15) is 9.59 Å². The standard InChI is InChI=1S/C15H17N3O4/c1-9(2)13(14(19)20)17-15(21)16-12-8-11(22-18-12)10-6-4-3-5-7-10/h3-9,13H,1-2H3,(H,19,20)(H2,16,17,18,21). The van der Waals surface area contributed by atoms with Gasteiger partial charge in [-0.25, -0.2) is 9.59 Å². The molecule has 1 atom stereocenters. The quantitative estimate of drug-likeness (QED) is 0.787. The van der Waals surface area contributed by atoms with Crippen LogP contribution in [-0.4, -0.2) is 28.3 Å². The van der Waals surface area contributed by atoms with Crippen molar-refractivity contribution in [1.82, 2.24) is 10.5 Å². The molecule has 7 nitrogen and oxygen atoms in total. The number of carboxylic acid groups (broad SMARTS) is 1. The highest BCUT2D eigenvalue weighted by Gasteiger charge is 2.23. The highest BCUT2D eigenvalue weighted by atomic mass is 16.5. The average Bonchev–Trinajstić information content (AvgIpc) is 2.93. The minimum atomic E-state index is -1.09. The lowest BCUT2D eigenvalue weighted by Gasteiger charge is -2.17. The maximum absolute atomic E-state index is 11.8. The van der Waals surface area contributed by atoms with E-state index in [-0.39, 0.29) is 11.7 Å². The van der Waals surface area contributed by atoms with Crippen molar-refractivity contribution in [3.63, 3.8) is 0 Å². The zero-order valence-electron chi connectivity index (χ0n) is 12.2. The minimum Gasteiger partial charge on any atom is -0.480 e. The average molecular weight is 303 g/mol. The molecule has 116 valence electrons. The van der Waals surface area contributed by atoms with Gasteiger partial charge in [0.1, 0.15) is 6.04 Å². The predicted octanol–water partition coefficient (Wildman–Crippen LogP) is 2.57. The summed E-state index contributed by atoms with van der Waals surface area (Å²) < 4.78 is 5.14. The van der Waals surface area contributed by atoms with Crippen LogP contribution in [0.4, 0.5) is 10.6 Å². The van der Waals surface area contributed by atoms with E-state index in [1.165, 1.54) is 0 Å². The zero-order chi connectivity index (χ0) is 16.1. The van der Waals surface area contributed by atoms with Crippen molar-refractivity contribution in [1.29, 1.82) is 0 Å². The largest absolute Gasteiger partial charge is 0.480 e. The number of nitrogens with one attached hydrogen (secondary N) is 2. The Morgan fingerprint density at radius 3 is 2.50 bits per heavy atom. The molecule has 2 aromatic rings. The third kappa shape index (κ3) is 3.85. The van der Waals surface area contributed by atoms with Gasteiger partial charge in [0.2, 0.25) is 0 Å². The molecule has 2 rings (SSSR count). The number of urea groups is 1. The summed E-state index contributed by atoms with van der Waals surface area (Å²) >= 11 is 0. The van der Waals surface area contributed by atoms with Crippen molar-refractivity contribution in [2.24, 2.45) is 5.92 Å². The molecule has 0 saturated heterocycles. The fourth-order valence-corrected chi connectivity index (χ4v) is 1.88. The topological polar surface area (TPSA) is 104 Å². The molecule has 1 aromatic carbocycles. The summed E-state index contributed by atoms with van der Waals surface area (Å²) in [6.45, 7) is 3.42. The van der Waals surface area contributed by atoms with E-state index in [0.29, 0.717) is 5.76 Å². The van der Waals surface area contributed by atoms with Crippen LogP contribution in [0.3, 0.4) is 0 Å². The number of hydrogen-bond acceptors (Lipinski definition) is 4. The summed E-state index contributed by atoms with van der Waals surface area (Å²) in [4.78, 5) is 22.9. The summed E-state index contributed by atoms with van der Waals surface area (Å²) in [5, 5.41) is 17.6. The van der Waals surface area contributed by atoms with Crippen LogP contribution < -0.4 is 10.6 Å². The molecule has 0 fully saturated rings. The van der Waals surface area contributed by atoms with Gasteiger partial charge < -0.3 is 14.9 Å². The van der Waals surface area contributed by atoms with Gasteiger partial charge in [0.15, 0.2) is 11.6 Å². The molecule has 1 heterocycles. The van der Waals surface area contributed by atoms with Gasteiger partial charge in [0.05, 0.1) is 0 Å². The van der Waals surface area contributed by atoms with Crippen LogP contribution >= 0.6 is 0 Å². The van der Waals surface area contributed by atoms with E-state index in [4.69, 9.17) is 9.63 Å². The minimum absolute atomic E-state index is 0.212. The Bertz CT molecular complexity index is 652. The van der Waals surface area contributed by atoms with E-state index in [1.807, 2.05) is 30.3 Å². The molecule has 0 radical (unpaired) electrons. The van der Waals surface area contributed by atoms with E-state index < -0.39 is 18.0 Å². The predicted molar refractivity (Wildman–Crippen MR) is 80.4 cm³/mol. The van der Waals surface area contributed by atoms with Crippen LogP contribution in [0.1, 0.15) is 13.8 Å². The van der Waals surface area contributed by atoms with Crippen LogP contribution in [0.25, 0.3) is 11.3 Å². The summed E-state index contributed by atoms with van der Waals surface area (Å²) in [6.07, 6.45) is 0. The van der Waals surface area contributed by atoms with Crippen LogP contribution in [0.5, 0.6) is 0 Å². The summed E-state index contributed by atoms with van der Waals surface area (Å²) in [5.74, 6) is -0.602. The molecular formula is C15H17N3O4. The lowest BCUT2D eigenvalue weighted by Crippen LogP contribution is -2.46. The second-order valence-corrected chi connectivity index (χ2v) is 5.10. The van der Waals surface area contributed by atoms with E-state index in [2.05, 4.69) is 15.8 Å². The molecule has 3 N–H and O–H groups in total. The van der Waals surface area contributed by atoms with Gasteiger partial charge in [0.25, 0.3) is 0 Å². The Labute approximate surface area is 127 Å². The first-order valence-electron chi connectivity index (χ1n) is 6.80. The first kappa shape index (κ1) is 15.6. The Morgan fingerprint density at radius 1 is 1.23 bits per heavy atom. The number of nitrogens with zero attached hydrogens (tertiary/aromatic N) is 1. The maximum atomic E-state index is 11.8. The van der Waals surface area contributed by atoms with Gasteiger partial charge in [-0.2, -0.15) is 0 Å². The molecule has 1 unspecified atom stereocenters. The molecule has 2 amide bonds. The Hall–Kier alpha value is -2.83. The van der Waals surface area contributed by atoms with Gasteiger partial charge in [0, 0.05) is 11.6 Å². The lowest BCUT2D eigenvalue weighted by molar-refractivity contribution is -0.140. The van der Waals surface area contributed by atoms with Gasteiger partial charge >= 0.3 is 12.0 Å². The number of carbonyl (C=O) groups excluding carboxylic acids is 1. The van der Waals surface area contributed by atoms with Crippen molar-refractivity contribution in [3.05, 3.63) is 36.4 Å². The van der Waals surface area contributed by atoms with E-state index >= 15 is 0 Å². The number of aliphatic carboxylic acids is 1. The third-order valence-electron chi connectivity index (χ3n) is 3.03. The fourth-order valence-electron chi connectivity index (χ4n) is 1.88. The van der Waals surface area contributed by atoms with E-state index in [1.54, 1.807) is 19.9 Å². The molecule has 22 heavy (non-hydrogen) atoms. The van der Waals surface area contributed by atoms with Crippen molar-refractivity contribution in [2.45, 2.75) is 19.9 Å². The molecule has 0 saturated carbocycles. The number of carboxylic acids is 1. The number of rotatable bonds is 5. The molecule has 0 aliphatic rings. The zero-order valence-corrected chi connectivity index (χ0v) is 12.2. The Morgan fingerprint density at radius 2 is 1.91 bits per heavy atom. The van der Waals surface area contributed by atoms with Gasteiger partial charge in [-0.1, -0.05) is 49.3 Å².